The predicted molar refractivity (Wildman–Crippen MR) is 226 cm³/mol. The summed E-state index contributed by atoms with van der Waals surface area (Å²) in [5.74, 6) is 0.312. The zero-order valence-electron chi connectivity index (χ0n) is 32.3. The summed E-state index contributed by atoms with van der Waals surface area (Å²) in [5.41, 5.74) is 10.4. The van der Waals surface area contributed by atoms with Gasteiger partial charge in [-0.1, -0.05) is 79.0 Å². The minimum atomic E-state index is -1.39. The lowest BCUT2D eigenvalue weighted by molar-refractivity contribution is -0.0241. The van der Waals surface area contributed by atoms with Crippen molar-refractivity contribution in [3.63, 3.8) is 0 Å². The summed E-state index contributed by atoms with van der Waals surface area (Å²) in [7, 11) is 0. The Morgan fingerprint density at radius 3 is 1.84 bits per heavy atom. The number of phenolic OH excluding ortho intramolecular Hbond substituents is 4. The Morgan fingerprint density at radius 1 is 0.589 bits per heavy atom. The molecule has 0 radical (unpaired) electrons. The van der Waals surface area contributed by atoms with E-state index in [1.165, 1.54) is 24.8 Å². The summed E-state index contributed by atoms with van der Waals surface area (Å²) in [4.78, 5) is 0. The van der Waals surface area contributed by atoms with Crippen LogP contribution in [0.25, 0.3) is 0 Å². The van der Waals surface area contributed by atoms with Gasteiger partial charge in [-0.2, -0.15) is 0 Å². The maximum absolute atomic E-state index is 10.7. The van der Waals surface area contributed by atoms with Gasteiger partial charge in [-0.05, 0) is 172 Å². The van der Waals surface area contributed by atoms with Crippen molar-refractivity contribution in [1.82, 2.24) is 10.6 Å². The molecule has 4 aromatic rings. The van der Waals surface area contributed by atoms with E-state index in [4.69, 9.17) is 17.3 Å². The van der Waals surface area contributed by atoms with Crippen LogP contribution in [0, 0.1) is 0 Å². The van der Waals surface area contributed by atoms with Gasteiger partial charge in [0.15, 0.2) is 11.5 Å². The first-order chi connectivity index (χ1) is 27.1. The number of aliphatic hydroxyl groups is 2. The average molecular weight is 786 g/mol. The molecule has 302 valence electrons. The summed E-state index contributed by atoms with van der Waals surface area (Å²) < 4.78 is 0. The van der Waals surface area contributed by atoms with E-state index in [0.717, 1.165) is 86.1 Å². The molecule has 4 aromatic carbocycles. The fourth-order valence-electron chi connectivity index (χ4n) is 6.79. The van der Waals surface area contributed by atoms with Crippen LogP contribution in [0.5, 0.6) is 23.0 Å². The molecule has 10 heteroatoms. The molecule has 2 unspecified atom stereocenters. The van der Waals surface area contributed by atoms with Crippen molar-refractivity contribution in [3.05, 3.63) is 142 Å². The Morgan fingerprint density at radius 2 is 1.20 bits per heavy atom. The van der Waals surface area contributed by atoms with Crippen molar-refractivity contribution in [2.45, 2.75) is 82.3 Å². The maximum Gasteiger partial charge on any atom is 0.157 e. The van der Waals surface area contributed by atoms with E-state index in [1.54, 1.807) is 60.7 Å². The second-order valence-electron chi connectivity index (χ2n) is 14.5. The van der Waals surface area contributed by atoms with Crippen molar-refractivity contribution < 1.29 is 30.6 Å². The van der Waals surface area contributed by atoms with Gasteiger partial charge in [0.25, 0.3) is 0 Å². The third kappa shape index (κ3) is 15.3. The summed E-state index contributed by atoms with van der Waals surface area (Å²) in [6, 6.07) is 28.0. The van der Waals surface area contributed by atoms with Crippen LogP contribution in [0.15, 0.2) is 114 Å². The number of aryl methyl sites for hydroxylation is 3. The number of benzene rings is 4. The first-order valence-corrected chi connectivity index (χ1v) is 20.2. The van der Waals surface area contributed by atoms with E-state index in [-0.39, 0.29) is 28.0 Å². The minimum Gasteiger partial charge on any atom is -0.508 e. The molecular formula is C46H60ClN3O6. The Labute approximate surface area is 337 Å². The van der Waals surface area contributed by atoms with Crippen LogP contribution < -0.4 is 16.4 Å². The van der Waals surface area contributed by atoms with E-state index in [2.05, 4.69) is 41.0 Å². The number of halogens is 1. The lowest BCUT2D eigenvalue weighted by Gasteiger charge is -2.34. The van der Waals surface area contributed by atoms with Crippen molar-refractivity contribution >= 4 is 11.6 Å². The molecule has 1 aliphatic rings. The van der Waals surface area contributed by atoms with Gasteiger partial charge in [0.05, 0.1) is 5.03 Å². The fourth-order valence-corrected chi connectivity index (χ4v) is 7.12. The van der Waals surface area contributed by atoms with Crippen LogP contribution in [-0.4, -0.2) is 75.1 Å². The van der Waals surface area contributed by atoms with Crippen molar-refractivity contribution in [3.8, 4) is 23.0 Å². The van der Waals surface area contributed by atoms with Gasteiger partial charge < -0.3 is 47.0 Å². The number of aromatic hydroxyl groups is 4. The highest BCUT2D eigenvalue weighted by Crippen LogP contribution is 2.34. The van der Waals surface area contributed by atoms with Gasteiger partial charge in [-0.15, -0.1) is 0 Å². The SMILES string of the molecule is NCCC1=CC(O)(CCc2ccc(O)cc2)C(O)C(Cl)=C1.Oc1cccc(CCc2cc(O)c(O)cc2CCNCCCCCCNCCc2ccccc2)c1. The van der Waals surface area contributed by atoms with Crippen LogP contribution in [0.3, 0.4) is 0 Å². The van der Waals surface area contributed by atoms with Crippen LogP contribution in [0.2, 0.25) is 0 Å². The van der Waals surface area contributed by atoms with E-state index in [9.17, 15) is 30.6 Å². The Bertz CT molecular complexity index is 1820. The molecule has 56 heavy (non-hydrogen) atoms. The minimum absolute atomic E-state index is 0.0708. The smallest absolute Gasteiger partial charge is 0.157 e. The molecule has 10 N–H and O–H groups in total. The molecular weight excluding hydrogens is 726 g/mol. The quantitative estimate of drug-likeness (QED) is 0.0321. The summed E-state index contributed by atoms with van der Waals surface area (Å²) >= 11 is 6.02. The highest BCUT2D eigenvalue weighted by molar-refractivity contribution is 6.30. The number of aliphatic hydroxyl groups excluding tert-OH is 1. The molecule has 0 aromatic heterocycles. The zero-order chi connectivity index (χ0) is 40.2. The highest BCUT2D eigenvalue weighted by atomic mass is 35.5. The van der Waals surface area contributed by atoms with Crippen molar-refractivity contribution in [1.29, 1.82) is 0 Å². The van der Waals surface area contributed by atoms with Crippen molar-refractivity contribution in [2.75, 3.05) is 32.7 Å². The van der Waals surface area contributed by atoms with E-state index in [1.807, 2.05) is 12.1 Å². The number of nitrogens with one attached hydrogen (secondary N) is 2. The van der Waals surface area contributed by atoms with Gasteiger partial charge in [-0.3, -0.25) is 0 Å². The van der Waals surface area contributed by atoms with Gasteiger partial charge in [0, 0.05) is 0 Å². The van der Waals surface area contributed by atoms with Gasteiger partial charge in [-0.25, -0.2) is 0 Å². The summed E-state index contributed by atoms with van der Waals surface area (Å²) in [6.45, 7) is 4.40. The molecule has 0 fully saturated rings. The molecule has 0 heterocycles. The lowest BCUT2D eigenvalue weighted by Crippen LogP contribution is -2.43. The molecule has 0 aliphatic heterocycles. The van der Waals surface area contributed by atoms with Crippen LogP contribution in [0.4, 0.5) is 0 Å². The van der Waals surface area contributed by atoms with E-state index in [0.29, 0.717) is 25.8 Å². The number of allylic oxidation sites excluding steroid dienone is 1. The number of rotatable bonds is 21. The van der Waals surface area contributed by atoms with E-state index >= 15 is 0 Å². The summed E-state index contributed by atoms with van der Waals surface area (Å²) in [5, 5.41) is 67.0. The number of hydrogen-bond donors (Lipinski definition) is 9. The molecule has 0 saturated heterocycles. The first kappa shape index (κ1) is 44.4. The molecule has 2 atom stereocenters. The molecule has 5 rings (SSSR count). The zero-order valence-corrected chi connectivity index (χ0v) is 33.1. The first-order valence-electron chi connectivity index (χ1n) is 19.8. The second kappa shape index (κ2) is 23.7. The number of nitrogens with two attached hydrogens (primary N) is 1. The van der Waals surface area contributed by atoms with E-state index < -0.39 is 11.7 Å². The molecule has 9 nitrogen and oxygen atoms in total. The topological polar surface area (TPSA) is 171 Å². The molecule has 0 amide bonds. The Hall–Kier alpha value is -4.35. The van der Waals surface area contributed by atoms with Gasteiger partial charge >= 0.3 is 0 Å². The van der Waals surface area contributed by atoms with Gasteiger partial charge in [0.2, 0.25) is 0 Å². The van der Waals surface area contributed by atoms with Crippen LogP contribution >= 0.6 is 11.6 Å². The average Bonchev–Trinajstić information content (AvgIpc) is 3.18. The largest absolute Gasteiger partial charge is 0.508 e. The number of hydrogen-bond acceptors (Lipinski definition) is 9. The maximum atomic E-state index is 10.7. The third-order valence-corrected chi connectivity index (χ3v) is 10.3. The monoisotopic (exact) mass is 785 g/mol. The molecule has 0 spiro atoms. The fraction of sp³-hybridized carbons (Fsp3) is 0.391. The number of phenols is 4. The van der Waals surface area contributed by atoms with Crippen molar-refractivity contribution in [2.24, 2.45) is 5.73 Å². The van der Waals surface area contributed by atoms with Gasteiger partial charge in [0.1, 0.15) is 23.2 Å². The Kier molecular flexibility index (Phi) is 18.7. The summed E-state index contributed by atoms with van der Waals surface area (Å²) in [6.07, 6.45) is 11.9. The normalized spacial score (nSPS) is 16.5. The second-order valence-corrected chi connectivity index (χ2v) is 15.0. The Balaban J connectivity index is 0.000000282. The molecule has 1 aliphatic carbocycles. The van der Waals surface area contributed by atoms with Crippen LogP contribution in [-0.2, 0) is 32.1 Å². The third-order valence-electron chi connectivity index (χ3n) is 10.0. The van der Waals surface area contributed by atoms with Crippen LogP contribution in [0.1, 0.15) is 66.3 Å². The highest BCUT2D eigenvalue weighted by Gasteiger charge is 2.38. The predicted octanol–water partition coefficient (Wildman–Crippen LogP) is 6.94. The molecule has 0 saturated carbocycles. The standard InChI is InChI=1S/C30H40N2O3.C16H20ClNO3/c33-28-12-8-11-25(21-28)13-14-26-22-29(34)30(35)23-27(26)16-20-32-18-7-2-1-6-17-31-19-15-24-9-4-3-5-10-24;17-14-9-12(6-8-18)10-16(21,15(14)20)7-5-11-1-3-13(19)4-2-11/h3-5,8-12,21-23,31-35H,1-2,6-7,13-20H2;1-4,9-10,15,19-21H,5-8,18H2. The number of unbranched alkanes of at least 4 members (excludes halogenated alkanes) is 3. The lowest BCUT2D eigenvalue weighted by atomic mass is 9.83. The molecule has 0 bridgehead atoms.